The van der Waals surface area contributed by atoms with Gasteiger partial charge >= 0.3 is 0 Å². The number of nitrogens with zero attached hydrogens (tertiary/aromatic N) is 3. The number of anilines is 1. The molecular formula is C17H12N4S. The highest BCUT2D eigenvalue weighted by atomic mass is 32.1. The Hall–Kier alpha value is -2.79. The highest BCUT2D eigenvalue weighted by Crippen LogP contribution is 2.37. The molecule has 0 bridgehead atoms. The summed E-state index contributed by atoms with van der Waals surface area (Å²) < 4.78 is 0. The standard InChI is InChI=1S/C17H12N4S/c18-17-21-15(16(22-17)14-5-1-2-8-20-14)12-6-7-13-11(10-12)4-3-9-19-13/h1-10H,(H2,18,21). The van der Waals surface area contributed by atoms with E-state index in [0.717, 1.165) is 32.7 Å². The Morgan fingerprint density at radius 1 is 0.909 bits per heavy atom. The molecule has 3 aromatic heterocycles. The Labute approximate surface area is 131 Å². The number of hydrogen-bond donors (Lipinski definition) is 1. The smallest absolute Gasteiger partial charge is 0.181 e. The van der Waals surface area contributed by atoms with Crippen molar-refractivity contribution in [3.8, 4) is 21.8 Å². The van der Waals surface area contributed by atoms with E-state index in [2.05, 4.69) is 21.0 Å². The second kappa shape index (κ2) is 5.20. The van der Waals surface area contributed by atoms with E-state index < -0.39 is 0 Å². The summed E-state index contributed by atoms with van der Waals surface area (Å²) in [6.45, 7) is 0. The Morgan fingerprint density at radius 3 is 2.68 bits per heavy atom. The third-order valence-corrected chi connectivity index (χ3v) is 4.32. The van der Waals surface area contributed by atoms with E-state index in [1.807, 2.05) is 42.5 Å². The second-order valence-electron chi connectivity index (χ2n) is 4.86. The van der Waals surface area contributed by atoms with E-state index in [4.69, 9.17) is 5.73 Å². The lowest BCUT2D eigenvalue weighted by Gasteiger charge is -2.03. The van der Waals surface area contributed by atoms with Crippen LogP contribution in [0.15, 0.2) is 60.9 Å². The summed E-state index contributed by atoms with van der Waals surface area (Å²) in [7, 11) is 0. The van der Waals surface area contributed by atoms with Gasteiger partial charge in [-0.15, -0.1) is 0 Å². The number of fused-ring (bicyclic) bond motifs is 1. The van der Waals surface area contributed by atoms with E-state index >= 15 is 0 Å². The van der Waals surface area contributed by atoms with Gasteiger partial charge in [0.2, 0.25) is 0 Å². The van der Waals surface area contributed by atoms with Crippen molar-refractivity contribution in [2.24, 2.45) is 0 Å². The first-order chi connectivity index (χ1) is 10.8. The van der Waals surface area contributed by atoms with Gasteiger partial charge in [-0.1, -0.05) is 29.5 Å². The zero-order valence-corrected chi connectivity index (χ0v) is 12.4. The molecule has 0 aliphatic rings. The summed E-state index contributed by atoms with van der Waals surface area (Å²) in [5, 5.41) is 1.63. The van der Waals surface area contributed by atoms with E-state index in [9.17, 15) is 0 Å². The normalized spacial score (nSPS) is 10.9. The van der Waals surface area contributed by atoms with Gasteiger partial charge in [0, 0.05) is 23.3 Å². The molecule has 0 fully saturated rings. The van der Waals surface area contributed by atoms with Crippen LogP contribution in [0.5, 0.6) is 0 Å². The van der Waals surface area contributed by atoms with Crippen LogP contribution < -0.4 is 5.73 Å². The van der Waals surface area contributed by atoms with Crippen LogP contribution in [-0.2, 0) is 0 Å². The molecule has 2 N–H and O–H groups in total. The molecule has 4 rings (SSSR count). The number of nitrogens with two attached hydrogens (primary N) is 1. The van der Waals surface area contributed by atoms with Crippen LogP contribution in [-0.4, -0.2) is 15.0 Å². The molecule has 3 heterocycles. The zero-order chi connectivity index (χ0) is 14.9. The van der Waals surface area contributed by atoms with Crippen molar-refractivity contribution in [2.75, 3.05) is 5.73 Å². The molecule has 0 aliphatic heterocycles. The molecule has 0 atom stereocenters. The molecule has 1 aromatic carbocycles. The van der Waals surface area contributed by atoms with E-state index in [-0.39, 0.29) is 0 Å². The lowest BCUT2D eigenvalue weighted by molar-refractivity contribution is 1.33. The van der Waals surface area contributed by atoms with E-state index in [1.54, 1.807) is 12.4 Å². The monoisotopic (exact) mass is 304 g/mol. The fraction of sp³-hybridized carbons (Fsp3) is 0. The molecule has 0 amide bonds. The topological polar surface area (TPSA) is 64.7 Å². The maximum absolute atomic E-state index is 5.93. The average molecular weight is 304 g/mol. The molecule has 0 saturated carbocycles. The van der Waals surface area contributed by atoms with Gasteiger partial charge in [0.05, 0.1) is 21.8 Å². The maximum atomic E-state index is 5.93. The molecule has 0 radical (unpaired) electrons. The summed E-state index contributed by atoms with van der Waals surface area (Å²) >= 11 is 1.46. The highest BCUT2D eigenvalue weighted by Gasteiger charge is 2.14. The first-order valence-electron chi connectivity index (χ1n) is 6.84. The molecule has 0 spiro atoms. The fourth-order valence-electron chi connectivity index (χ4n) is 2.43. The van der Waals surface area contributed by atoms with Crippen molar-refractivity contribution in [1.82, 2.24) is 15.0 Å². The zero-order valence-electron chi connectivity index (χ0n) is 11.6. The van der Waals surface area contributed by atoms with E-state index in [1.165, 1.54) is 11.3 Å². The number of benzene rings is 1. The van der Waals surface area contributed by atoms with Crippen molar-refractivity contribution in [3.05, 3.63) is 60.9 Å². The summed E-state index contributed by atoms with van der Waals surface area (Å²) in [4.78, 5) is 14.2. The number of hydrogen-bond acceptors (Lipinski definition) is 5. The van der Waals surface area contributed by atoms with Crippen LogP contribution in [0.3, 0.4) is 0 Å². The number of aromatic nitrogens is 3. The first-order valence-corrected chi connectivity index (χ1v) is 7.66. The van der Waals surface area contributed by atoms with Gasteiger partial charge in [-0.05, 0) is 30.3 Å². The summed E-state index contributed by atoms with van der Waals surface area (Å²) in [6, 6.07) is 15.9. The van der Waals surface area contributed by atoms with Gasteiger partial charge in [0.1, 0.15) is 0 Å². The Balaban J connectivity index is 1.91. The van der Waals surface area contributed by atoms with Gasteiger partial charge in [-0.2, -0.15) is 0 Å². The fourth-order valence-corrected chi connectivity index (χ4v) is 3.26. The van der Waals surface area contributed by atoms with Crippen molar-refractivity contribution in [1.29, 1.82) is 0 Å². The maximum Gasteiger partial charge on any atom is 0.181 e. The van der Waals surface area contributed by atoms with Gasteiger partial charge in [0.25, 0.3) is 0 Å². The van der Waals surface area contributed by atoms with Crippen molar-refractivity contribution < 1.29 is 0 Å². The second-order valence-corrected chi connectivity index (χ2v) is 5.89. The summed E-state index contributed by atoms with van der Waals surface area (Å²) in [6.07, 6.45) is 3.57. The SMILES string of the molecule is Nc1nc(-c2ccc3ncccc3c2)c(-c2ccccn2)s1. The van der Waals surface area contributed by atoms with Gasteiger partial charge in [-0.25, -0.2) is 4.98 Å². The van der Waals surface area contributed by atoms with Crippen molar-refractivity contribution in [3.63, 3.8) is 0 Å². The van der Waals surface area contributed by atoms with Crippen LogP contribution in [0.25, 0.3) is 32.7 Å². The van der Waals surface area contributed by atoms with Crippen LogP contribution in [0.1, 0.15) is 0 Å². The molecule has 4 aromatic rings. The minimum absolute atomic E-state index is 0.543. The number of thiazole rings is 1. The average Bonchev–Trinajstić information content (AvgIpc) is 2.97. The van der Waals surface area contributed by atoms with Gasteiger partial charge in [0.15, 0.2) is 5.13 Å². The van der Waals surface area contributed by atoms with Crippen LogP contribution in [0.2, 0.25) is 0 Å². The number of nitrogen functional groups attached to an aromatic ring is 1. The third-order valence-electron chi connectivity index (χ3n) is 3.42. The molecule has 0 saturated heterocycles. The highest BCUT2D eigenvalue weighted by molar-refractivity contribution is 7.19. The first kappa shape index (κ1) is 12.9. The van der Waals surface area contributed by atoms with Crippen LogP contribution in [0.4, 0.5) is 5.13 Å². The Kier molecular flexibility index (Phi) is 3.05. The van der Waals surface area contributed by atoms with Gasteiger partial charge < -0.3 is 5.73 Å². The molecule has 0 unspecified atom stereocenters. The van der Waals surface area contributed by atoms with Gasteiger partial charge in [-0.3, -0.25) is 9.97 Å². The van der Waals surface area contributed by atoms with E-state index in [0.29, 0.717) is 5.13 Å². The minimum atomic E-state index is 0.543. The summed E-state index contributed by atoms with van der Waals surface area (Å²) in [5.41, 5.74) is 9.68. The Bertz CT molecular complexity index is 947. The quantitative estimate of drug-likeness (QED) is 0.608. The lowest BCUT2D eigenvalue weighted by atomic mass is 10.1. The lowest BCUT2D eigenvalue weighted by Crippen LogP contribution is -1.86. The minimum Gasteiger partial charge on any atom is -0.375 e. The van der Waals surface area contributed by atoms with Crippen LogP contribution in [0, 0.1) is 0 Å². The van der Waals surface area contributed by atoms with Crippen molar-refractivity contribution in [2.45, 2.75) is 0 Å². The molecular weight excluding hydrogens is 292 g/mol. The molecule has 4 nitrogen and oxygen atoms in total. The molecule has 5 heteroatoms. The predicted octanol–water partition coefficient (Wildman–Crippen LogP) is 4.00. The number of pyridine rings is 2. The predicted molar refractivity (Wildman–Crippen MR) is 90.5 cm³/mol. The molecule has 106 valence electrons. The Morgan fingerprint density at radius 2 is 1.82 bits per heavy atom. The van der Waals surface area contributed by atoms with Crippen molar-refractivity contribution >= 4 is 27.4 Å². The molecule has 22 heavy (non-hydrogen) atoms. The molecule has 0 aliphatic carbocycles. The number of rotatable bonds is 2. The third kappa shape index (κ3) is 2.21. The van der Waals surface area contributed by atoms with Crippen LogP contribution >= 0.6 is 11.3 Å². The summed E-state index contributed by atoms with van der Waals surface area (Å²) in [5.74, 6) is 0. The largest absolute Gasteiger partial charge is 0.375 e.